The molecular weight excluding hydrogens is 258 g/mol. The summed E-state index contributed by atoms with van der Waals surface area (Å²) in [5, 5.41) is 8.83. The number of nitrogens with one attached hydrogen (secondary N) is 1. The molecule has 90 valence electrons. The zero-order chi connectivity index (χ0) is 12.3. The van der Waals surface area contributed by atoms with Gasteiger partial charge in [0.15, 0.2) is 9.84 Å². The first-order chi connectivity index (χ1) is 8.05. The number of benzene rings is 1. The molecule has 0 aliphatic heterocycles. The highest BCUT2D eigenvalue weighted by molar-refractivity contribution is 7.90. The van der Waals surface area contributed by atoms with Gasteiger partial charge in [-0.25, -0.2) is 8.42 Å². The summed E-state index contributed by atoms with van der Waals surface area (Å²) in [5.74, 6) is 0. The summed E-state index contributed by atoms with van der Waals surface area (Å²) in [6, 6.07) is 6.70. The first-order valence-corrected chi connectivity index (χ1v) is 7.58. The van der Waals surface area contributed by atoms with E-state index in [-0.39, 0.29) is 0 Å². The number of anilines is 1. The molecule has 0 amide bonds. The van der Waals surface area contributed by atoms with Gasteiger partial charge in [0.05, 0.1) is 17.1 Å². The second-order valence-electron chi connectivity index (χ2n) is 3.55. The lowest BCUT2D eigenvalue weighted by Crippen LogP contribution is -2.02. The van der Waals surface area contributed by atoms with Gasteiger partial charge in [0, 0.05) is 17.3 Å². The molecule has 0 spiro atoms. The van der Waals surface area contributed by atoms with Crippen LogP contribution in [0.4, 0.5) is 5.69 Å². The molecule has 2 aromatic rings. The van der Waals surface area contributed by atoms with Crippen molar-refractivity contribution in [2.75, 3.05) is 11.6 Å². The van der Waals surface area contributed by atoms with E-state index >= 15 is 0 Å². The van der Waals surface area contributed by atoms with Crippen LogP contribution < -0.4 is 5.32 Å². The van der Waals surface area contributed by atoms with Gasteiger partial charge in [-0.2, -0.15) is 0 Å². The van der Waals surface area contributed by atoms with Gasteiger partial charge in [0.2, 0.25) is 0 Å². The van der Waals surface area contributed by atoms with Crippen LogP contribution in [0, 0.1) is 0 Å². The predicted molar refractivity (Wildman–Crippen MR) is 66.8 cm³/mol. The third-order valence-electron chi connectivity index (χ3n) is 2.14. The molecule has 0 aliphatic rings. The van der Waals surface area contributed by atoms with Gasteiger partial charge in [-0.3, -0.25) is 0 Å². The molecule has 0 bridgehead atoms. The number of hydrogen-bond acceptors (Lipinski definition) is 6. The molecule has 0 saturated carbocycles. The summed E-state index contributed by atoms with van der Waals surface area (Å²) < 4.78 is 26.5. The molecule has 1 aromatic carbocycles. The van der Waals surface area contributed by atoms with E-state index in [1.54, 1.807) is 18.2 Å². The Morgan fingerprint density at radius 1 is 1.41 bits per heavy atom. The minimum absolute atomic E-state index is 0.305. The number of rotatable bonds is 4. The van der Waals surface area contributed by atoms with Gasteiger partial charge >= 0.3 is 0 Å². The Balaban J connectivity index is 2.12. The number of aromatic nitrogens is 2. The van der Waals surface area contributed by atoms with Crippen molar-refractivity contribution >= 4 is 27.1 Å². The van der Waals surface area contributed by atoms with Crippen LogP contribution in [0.5, 0.6) is 0 Å². The smallest absolute Gasteiger partial charge is 0.175 e. The van der Waals surface area contributed by atoms with Gasteiger partial charge in [0.1, 0.15) is 0 Å². The quantitative estimate of drug-likeness (QED) is 0.911. The van der Waals surface area contributed by atoms with E-state index in [4.69, 9.17) is 0 Å². The zero-order valence-corrected chi connectivity index (χ0v) is 10.8. The Morgan fingerprint density at radius 2 is 2.24 bits per heavy atom. The maximum absolute atomic E-state index is 11.4. The van der Waals surface area contributed by atoms with E-state index in [2.05, 4.69) is 14.9 Å². The van der Waals surface area contributed by atoms with Gasteiger partial charge in [0.25, 0.3) is 0 Å². The minimum atomic E-state index is -3.16. The molecule has 2 rings (SSSR count). The fourth-order valence-electron chi connectivity index (χ4n) is 1.29. The molecule has 0 saturated heterocycles. The van der Waals surface area contributed by atoms with Gasteiger partial charge in [-0.05, 0) is 29.7 Å². The molecule has 1 N–H and O–H groups in total. The first-order valence-electron chi connectivity index (χ1n) is 4.85. The maximum atomic E-state index is 11.4. The number of nitrogens with zero attached hydrogens (tertiary/aromatic N) is 2. The van der Waals surface area contributed by atoms with Crippen LogP contribution in [-0.2, 0) is 16.4 Å². The highest BCUT2D eigenvalue weighted by Gasteiger charge is 2.07. The molecule has 0 unspecified atom stereocenters. The van der Waals surface area contributed by atoms with Crippen molar-refractivity contribution in [1.82, 2.24) is 9.59 Å². The molecular formula is C10H11N3O2S2. The van der Waals surface area contributed by atoms with E-state index in [1.165, 1.54) is 17.8 Å². The highest BCUT2D eigenvalue weighted by Crippen LogP contribution is 2.15. The summed E-state index contributed by atoms with van der Waals surface area (Å²) >= 11 is 1.29. The maximum Gasteiger partial charge on any atom is 0.175 e. The molecule has 0 fully saturated rings. The number of sulfone groups is 1. The van der Waals surface area contributed by atoms with Crippen molar-refractivity contribution in [3.05, 3.63) is 35.3 Å². The van der Waals surface area contributed by atoms with E-state index < -0.39 is 9.84 Å². The van der Waals surface area contributed by atoms with Gasteiger partial charge in [-0.1, -0.05) is 10.6 Å². The molecule has 0 atom stereocenters. The van der Waals surface area contributed by atoms with E-state index in [0.717, 1.165) is 11.4 Å². The average molecular weight is 269 g/mol. The third kappa shape index (κ3) is 3.24. The van der Waals surface area contributed by atoms with Crippen LogP contribution in [0.25, 0.3) is 0 Å². The molecule has 7 heteroatoms. The van der Waals surface area contributed by atoms with Crippen molar-refractivity contribution in [2.45, 2.75) is 11.4 Å². The van der Waals surface area contributed by atoms with Crippen LogP contribution in [0.2, 0.25) is 0 Å². The average Bonchev–Trinajstić information content (AvgIpc) is 2.78. The number of hydrogen-bond donors (Lipinski definition) is 1. The lowest BCUT2D eigenvalue weighted by Gasteiger charge is -2.05. The van der Waals surface area contributed by atoms with Crippen molar-refractivity contribution in [2.24, 2.45) is 0 Å². The van der Waals surface area contributed by atoms with Crippen molar-refractivity contribution in [1.29, 1.82) is 0 Å². The highest BCUT2D eigenvalue weighted by atomic mass is 32.2. The summed E-state index contributed by atoms with van der Waals surface area (Å²) in [4.78, 5) is 0.305. The molecule has 0 aliphatic carbocycles. The van der Waals surface area contributed by atoms with Crippen molar-refractivity contribution < 1.29 is 8.42 Å². The Labute approximate surface area is 104 Å². The van der Waals surface area contributed by atoms with Crippen molar-refractivity contribution in [3.63, 3.8) is 0 Å². The summed E-state index contributed by atoms with van der Waals surface area (Å²) in [6.07, 6.45) is 1.19. The van der Waals surface area contributed by atoms with Crippen LogP contribution in [0.1, 0.15) is 5.69 Å². The normalized spacial score (nSPS) is 11.4. The van der Waals surface area contributed by atoms with Crippen LogP contribution in [-0.4, -0.2) is 24.3 Å². The zero-order valence-electron chi connectivity index (χ0n) is 9.12. The summed E-state index contributed by atoms with van der Waals surface area (Å²) in [6.45, 7) is 0.531. The van der Waals surface area contributed by atoms with Crippen molar-refractivity contribution in [3.8, 4) is 0 Å². The van der Waals surface area contributed by atoms with E-state index in [9.17, 15) is 8.42 Å². The first kappa shape index (κ1) is 12.0. The molecule has 1 heterocycles. The van der Waals surface area contributed by atoms with Gasteiger partial charge < -0.3 is 5.32 Å². The Bertz CT molecular complexity index is 594. The summed E-state index contributed by atoms with van der Waals surface area (Å²) in [7, 11) is -3.16. The van der Waals surface area contributed by atoms with Gasteiger partial charge in [-0.15, -0.1) is 5.10 Å². The Kier molecular flexibility index (Phi) is 3.39. The summed E-state index contributed by atoms with van der Waals surface area (Å²) in [5.41, 5.74) is 1.58. The van der Waals surface area contributed by atoms with E-state index in [0.29, 0.717) is 11.4 Å². The Hall–Kier alpha value is -1.47. The van der Waals surface area contributed by atoms with Crippen LogP contribution in [0.3, 0.4) is 0 Å². The minimum Gasteiger partial charge on any atom is -0.379 e. The van der Waals surface area contributed by atoms with Crippen LogP contribution >= 0.6 is 11.5 Å². The van der Waals surface area contributed by atoms with Crippen LogP contribution in [0.15, 0.2) is 34.5 Å². The largest absolute Gasteiger partial charge is 0.379 e. The fraction of sp³-hybridized carbons (Fsp3) is 0.200. The SMILES string of the molecule is CS(=O)(=O)c1cccc(NCc2csnn2)c1. The third-order valence-corrected chi connectivity index (χ3v) is 3.80. The molecule has 1 aromatic heterocycles. The molecule has 17 heavy (non-hydrogen) atoms. The lowest BCUT2D eigenvalue weighted by molar-refractivity contribution is 0.602. The lowest BCUT2D eigenvalue weighted by atomic mass is 10.3. The standard InChI is InChI=1S/C10H11N3O2S2/c1-17(14,15)10-4-2-3-8(5-10)11-6-9-7-16-13-12-9/h2-5,7,11H,6H2,1H3. The Morgan fingerprint density at radius 3 is 2.88 bits per heavy atom. The monoisotopic (exact) mass is 269 g/mol. The topological polar surface area (TPSA) is 72.0 Å². The molecule has 0 radical (unpaired) electrons. The second kappa shape index (κ2) is 4.80. The second-order valence-corrected chi connectivity index (χ2v) is 6.18. The predicted octanol–water partition coefficient (Wildman–Crippen LogP) is 1.55. The fourth-order valence-corrected chi connectivity index (χ4v) is 2.41. The van der Waals surface area contributed by atoms with E-state index in [1.807, 2.05) is 11.4 Å². The molecule has 5 nitrogen and oxygen atoms in total.